The van der Waals surface area contributed by atoms with Gasteiger partial charge in [-0.3, -0.25) is 0 Å². The summed E-state index contributed by atoms with van der Waals surface area (Å²) >= 11 is 0. The Morgan fingerprint density at radius 3 is 1.40 bits per heavy atom. The van der Waals surface area contributed by atoms with E-state index >= 15 is 0 Å². The quantitative estimate of drug-likeness (QED) is 0.155. The summed E-state index contributed by atoms with van der Waals surface area (Å²) in [6.45, 7) is -1.18. The average molecular weight is 366 g/mol. The number of hydrogen-bond acceptors (Lipinski definition) is 8. The van der Waals surface area contributed by atoms with Gasteiger partial charge in [0, 0.05) is 6.08 Å². The maximum atomic E-state index is 9.75. The second-order valence-corrected chi connectivity index (χ2v) is 5.66. The molecule has 0 amide bonds. The lowest BCUT2D eigenvalue weighted by Gasteiger charge is -2.31. The van der Waals surface area contributed by atoms with Crippen molar-refractivity contribution in [1.29, 1.82) is 0 Å². The predicted octanol–water partition coefficient (Wildman–Crippen LogP) is -1.87. The van der Waals surface area contributed by atoms with Crippen LogP contribution in [0, 0.1) is 10.8 Å². The first-order valence-electron chi connectivity index (χ1n) is 7.60. The van der Waals surface area contributed by atoms with Gasteiger partial charge in [-0.1, -0.05) is 18.2 Å². The number of aliphatic hydroxyl groups excluding tert-OH is 6. The Bertz CT molecular complexity index is 349. The van der Waals surface area contributed by atoms with Crippen molar-refractivity contribution in [2.75, 3.05) is 52.9 Å². The molecule has 0 saturated carbocycles. The number of ether oxygens (including phenoxy) is 1. The summed E-state index contributed by atoms with van der Waals surface area (Å²) in [7, 11) is 0. The van der Waals surface area contributed by atoms with Crippen molar-refractivity contribution in [2.24, 2.45) is 10.8 Å². The first kappa shape index (κ1) is 25.9. The molecule has 148 valence electrons. The molecular weight excluding hydrogens is 336 g/mol. The molecule has 0 bridgehead atoms. The fraction of sp³-hybridized carbons (Fsp3) is 0.688. The van der Waals surface area contributed by atoms with Crippen molar-refractivity contribution < 1.29 is 45.3 Å². The molecule has 0 aliphatic heterocycles. The standard InChI is InChI=1S/C10H22O7.C6H8O2/c11-1-9(2-12,3-13)7-17-8-10(4-14,5-15)6-16;1-2-3-4-5-6(7)8/h11-16H,1-8H2;2-5H,1H3,(H,7,8)/b;3-2+,5-4+. The Balaban J connectivity index is 0. The molecule has 0 saturated heterocycles. The van der Waals surface area contributed by atoms with Crippen molar-refractivity contribution in [1.82, 2.24) is 0 Å². The fourth-order valence-corrected chi connectivity index (χ4v) is 1.31. The normalized spacial score (nSPS) is 12.4. The highest BCUT2D eigenvalue weighted by Gasteiger charge is 2.32. The summed E-state index contributed by atoms with van der Waals surface area (Å²) in [6.07, 6.45) is 5.98. The van der Waals surface area contributed by atoms with Gasteiger partial charge in [0.2, 0.25) is 0 Å². The second-order valence-electron chi connectivity index (χ2n) is 5.66. The van der Waals surface area contributed by atoms with Crippen LogP contribution in [0.5, 0.6) is 0 Å². The summed E-state index contributed by atoms with van der Waals surface area (Å²) in [5.74, 6) is -0.914. The molecule has 9 heteroatoms. The highest BCUT2D eigenvalue weighted by atomic mass is 16.5. The third-order valence-corrected chi connectivity index (χ3v) is 3.37. The number of carbonyl (C=O) groups is 1. The summed E-state index contributed by atoms with van der Waals surface area (Å²) in [5.41, 5.74) is -2.32. The van der Waals surface area contributed by atoms with Gasteiger partial charge < -0.3 is 40.5 Å². The van der Waals surface area contributed by atoms with Gasteiger partial charge in [0.1, 0.15) is 0 Å². The maximum Gasteiger partial charge on any atom is 0.328 e. The zero-order chi connectivity index (χ0) is 19.8. The van der Waals surface area contributed by atoms with Crippen LogP contribution in [0.4, 0.5) is 0 Å². The van der Waals surface area contributed by atoms with Gasteiger partial charge in [-0.2, -0.15) is 0 Å². The molecule has 0 aliphatic rings. The van der Waals surface area contributed by atoms with E-state index < -0.39 is 56.4 Å². The fourth-order valence-electron chi connectivity index (χ4n) is 1.31. The van der Waals surface area contributed by atoms with Gasteiger partial charge in [0.25, 0.3) is 0 Å². The van der Waals surface area contributed by atoms with E-state index in [4.69, 9.17) is 40.5 Å². The number of allylic oxidation sites excluding steroid dienone is 3. The van der Waals surface area contributed by atoms with E-state index in [9.17, 15) is 4.79 Å². The van der Waals surface area contributed by atoms with E-state index in [0.29, 0.717) is 0 Å². The topological polar surface area (TPSA) is 168 Å². The van der Waals surface area contributed by atoms with E-state index in [1.807, 2.05) is 6.92 Å². The lowest BCUT2D eigenvalue weighted by Crippen LogP contribution is -2.43. The predicted molar refractivity (Wildman–Crippen MR) is 89.8 cm³/mol. The summed E-state index contributed by atoms with van der Waals surface area (Å²) < 4.78 is 5.15. The molecule has 0 rings (SSSR count). The Morgan fingerprint density at radius 2 is 1.16 bits per heavy atom. The molecule has 0 aliphatic carbocycles. The van der Waals surface area contributed by atoms with Gasteiger partial charge in [-0.15, -0.1) is 0 Å². The van der Waals surface area contributed by atoms with Crippen LogP contribution in [0.3, 0.4) is 0 Å². The van der Waals surface area contributed by atoms with Crippen LogP contribution in [-0.2, 0) is 9.53 Å². The van der Waals surface area contributed by atoms with Crippen LogP contribution in [0.25, 0.3) is 0 Å². The van der Waals surface area contributed by atoms with Gasteiger partial charge in [0.15, 0.2) is 0 Å². The molecule has 0 aromatic carbocycles. The maximum absolute atomic E-state index is 9.75. The Hall–Kier alpha value is -1.33. The van der Waals surface area contributed by atoms with Crippen molar-refractivity contribution in [3.05, 3.63) is 24.3 Å². The highest BCUT2D eigenvalue weighted by molar-refractivity contribution is 5.80. The largest absolute Gasteiger partial charge is 0.478 e. The molecule has 0 unspecified atom stereocenters. The molecular formula is C16H30O9. The first-order chi connectivity index (χ1) is 11.8. The number of carboxylic acid groups (broad SMARTS) is 1. The Morgan fingerprint density at radius 1 is 0.800 bits per heavy atom. The highest BCUT2D eigenvalue weighted by Crippen LogP contribution is 2.19. The molecule has 0 heterocycles. The van der Waals surface area contributed by atoms with E-state index in [1.54, 1.807) is 12.2 Å². The lowest BCUT2D eigenvalue weighted by molar-refractivity contribution is -0.131. The van der Waals surface area contributed by atoms with Gasteiger partial charge in [0.05, 0.1) is 63.7 Å². The van der Waals surface area contributed by atoms with E-state index in [0.717, 1.165) is 6.08 Å². The molecule has 0 atom stereocenters. The van der Waals surface area contributed by atoms with Crippen molar-refractivity contribution in [3.63, 3.8) is 0 Å². The minimum Gasteiger partial charge on any atom is -0.478 e. The van der Waals surface area contributed by atoms with E-state index in [-0.39, 0.29) is 13.2 Å². The van der Waals surface area contributed by atoms with Crippen LogP contribution >= 0.6 is 0 Å². The minimum absolute atomic E-state index is 0.141. The molecule has 0 spiro atoms. The number of hydrogen-bond donors (Lipinski definition) is 7. The summed E-state index contributed by atoms with van der Waals surface area (Å²) in [6, 6.07) is 0. The molecule has 0 aromatic heterocycles. The monoisotopic (exact) mass is 366 g/mol. The number of aliphatic carboxylic acids is 1. The van der Waals surface area contributed by atoms with E-state index in [2.05, 4.69) is 0 Å². The molecule has 0 radical (unpaired) electrons. The Labute approximate surface area is 147 Å². The summed E-state index contributed by atoms with van der Waals surface area (Å²) in [4.78, 5) is 9.75. The van der Waals surface area contributed by atoms with Gasteiger partial charge >= 0.3 is 5.97 Å². The Kier molecular flexibility index (Phi) is 15.5. The first-order valence-corrected chi connectivity index (χ1v) is 7.60. The zero-order valence-electron chi connectivity index (χ0n) is 14.4. The van der Waals surface area contributed by atoms with Gasteiger partial charge in [-0.05, 0) is 6.92 Å². The minimum atomic E-state index is -1.16. The number of rotatable bonds is 12. The third-order valence-electron chi connectivity index (χ3n) is 3.37. The number of aliphatic hydroxyl groups is 6. The third kappa shape index (κ3) is 11.0. The van der Waals surface area contributed by atoms with E-state index in [1.165, 1.54) is 6.08 Å². The molecule has 7 N–H and O–H groups in total. The van der Waals surface area contributed by atoms with Crippen LogP contribution < -0.4 is 0 Å². The van der Waals surface area contributed by atoms with Crippen molar-refractivity contribution in [2.45, 2.75) is 6.92 Å². The molecule has 0 fully saturated rings. The lowest BCUT2D eigenvalue weighted by atomic mass is 9.91. The zero-order valence-corrected chi connectivity index (χ0v) is 14.4. The molecule has 0 aromatic rings. The van der Waals surface area contributed by atoms with Crippen LogP contribution in [0.15, 0.2) is 24.3 Å². The van der Waals surface area contributed by atoms with Crippen LogP contribution in [0.2, 0.25) is 0 Å². The second kappa shape index (κ2) is 15.0. The molecule has 25 heavy (non-hydrogen) atoms. The van der Waals surface area contributed by atoms with Gasteiger partial charge in [-0.25, -0.2) is 4.79 Å². The SMILES string of the molecule is C/C=C/C=C/C(=O)O.OCC(CO)(CO)COCC(CO)(CO)CO. The van der Waals surface area contributed by atoms with Crippen LogP contribution in [0.1, 0.15) is 6.92 Å². The average Bonchev–Trinajstić information content (AvgIpc) is 2.64. The van der Waals surface area contributed by atoms with Crippen molar-refractivity contribution >= 4 is 5.97 Å². The smallest absolute Gasteiger partial charge is 0.328 e. The van der Waals surface area contributed by atoms with Crippen molar-refractivity contribution in [3.8, 4) is 0 Å². The summed E-state index contributed by atoms with van der Waals surface area (Å²) in [5, 5.41) is 62.2. The van der Waals surface area contributed by atoms with Crippen LogP contribution in [-0.4, -0.2) is 94.6 Å². The number of carboxylic acids is 1. The molecule has 9 nitrogen and oxygen atoms in total.